The van der Waals surface area contributed by atoms with Crippen molar-refractivity contribution in [3.05, 3.63) is 180 Å². The number of benzene rings is 5. The van der Waals surface area contributed by atoms with Gasteiger partial charge in [-0.3, -0.25) is 9.80 Å². The predicted octanol–water partition coefficient (Wildman–Crippen LogP) is 12.0. The van der Waals surface area contributed by atoms with Gasteiger partial charge < -0.3 is 0 Å². The fourth-order valence-electron chi connectivity index (χ4n) is 6.10. The quantitative estimate of drug-likeness (QED) is 0.169. The van der Waals surface area contributed by atoms with E-state index in [9.17, 15) is 0 Å². The number of aryl methyl sites for hydroxylation is 4. The first-order valence-corrected chi connectivity index (χ1v) is 16.3. The van der Waals surface area contributed by atoms with Crippen LogP contribution in [0.4, 0.5) is 34.4 Å². The number of hydrogen-bond acceptors (Lipinski definition) is 4. The van der Waals surface area contributed by atoms with E-state index in [0.717, 1.165) is 62.2 Å². The second-order valence-corrected chi connectivity index (χ2v) is 12.4. The first-order valence-electron chi connectivity index (χ1n) is 16.3. The third kappa shape index (κ3) is 6.33. The van der Waals surface area contributed by atoms with Crippen molar-refractivity contribution in [1.82, 2.24) is 9.97 Å². The van der Waals surface area contributed by atoms with Crippen molar-refractivity contribution in [2.75, 3.05) is 9.80 Å². The molecule has 0 bridgehead atoms. The minimum Gasteiger partial charge on any atom is -0.294 e. The normalized spacial score (nSPS) is 10.9. The van der Waals surface area contributed by atoms with Gasteiger partial charge >= 0.3 is 0 Å². The van der Waals surface area contributed by atoms with Crippen LogP contribution in [0.15, 0.2) is 158 Å². The van der Waals surface area contributed by atoms with E-state index in [1.165, 1.54) is 16.7 Å². The number of hydrogen-bond donors (Lipinski definition) is 0. The van der Waals surface area contributed by atoms with E-state index in [4.69, 9.17) is 9.97 Å². The summed E-state index contributed by atoms with van der Waals surface area (Å²) >= 11 is 0. The lowest BCUT2D eigenvalue weighted by Gasteiger charge is -2.32. The largest absolute Gasteiger partial charge is 0.294 e. The van der Waals surface area contributed by atoms with Crippen LogP contribution in [0, 0.1) is 27.7 Å². The van der Waals surface area contributed by atoms with E-state index in [2.05, 4.69) is 183 Å². The molecule has 7 rings (SSSR count). The Bertz CT molecular complexity index is 2120. The van der Waals surface area contributed by atoms with E-state index in [1.807, 2.05) is 12.4 Å². The zero-order chi connectivity index (χ0) is 33.0. The zero-order valence-electron chi connectivity index (χ0n) is 27.8. The molecular formula is C44H38N4. The van der Waals surface area contributed by atoms with Crippen LogP contribution in [0.3, 0.4) is 0 Å². The van der Waals surface area contributed by atoms with Crippen molar-refractivity contribution in [2.45, 2.75) is 27.7 Å². The van der Waals surface area contributed by atoms with Crippen molar-refractivity contribution in [3.63, 3.8) is 0 Å². The lowest BCUT2D eigenvalue weighted by Crippen LogP contribution is -2.17. The van der Waals surface area contributed by atoms with E-state index < -0.39 is 0 Å². The van der Waals surface area contributed by atoms with Gasteiger partial charge in [0.15, 0.2) is 0 Å². The van der Waals surface area contributed by atoms with Gasteiger partial charge in [0.25, 0.3) is 0 Å². The van der Waals surface area contributed by atoms with Crippen LogP contribution in [-0.4, -0.2) is 9.97 Å². The maximum atomic E-state index is 4.99. The highest BCUT2D eigenvalue weighted by molar-refractivity contribution is 5.98. The SMILES string of the molecule is Cc1ccc(-c2ccc(N(c3ccc(C)cn3)c3cc(C)cc(N(c4ccccc4)c4ccc(C)cn4)c3-c3ccccc3)cc2)cc1. The number of aromatic nitrogens is 2. The molecule has 0 saturated carbocycles. The van der Waals surface area contributed by atoms with Gasteiger partial charge in [0, 0.05) is 29.3 Å². The summed E-state index contributed by atoms with van der Waals surface area (Å²) in [6.45, 7) is 8.42. The third-order valence-electron chi connectivity index (χ3n) is 8.56. The molecule has 0 saturated heterocycles. The summed E-state index contributed by atoms with van der Waals surface area (Å²) < 4.78 is 0. The summed E-state index contributed by atoms with van der Waals surface area (Å²) in [5.41, 5.74) is 13.3. The summed E-state index contributed by atoms with van der Waals surface area (Å²) in [5, 5.41) is 0. The Kier molecular flexibility index (Phi) is 8.55. The van der Waals surface area contributed by atoms with E-state index >= 15 is 0 Å². The number of anilines is 6. The molecule has 0 aliphatic heterocycles. The first kappa shape index (κ1) is 30.6. The third-order valence-corrected chi connectivity index (χ3v) is 8.56. The topological polar surface area (TPSA) is 32.3 Å². The summed E-state index contributed by atoms with van der Waals surface area (Å²) in [5.74, 6) is 1.69. The Morgan fingerprint density at radius 2 is 0.812 bits per heavy atom. The van der Waals surface area contributed by atoms with E-state index in [0.29, 0.717) is 0 Å². The van der Waals surface area contributed by atoms with Gasteiger partial charge in [-0.2, -0.15) is 0 Å². The molecule has 0 fully saturated rings. The Hall–Kier alpha value is -6.00. The lowest BCUT2D eigenvalue weighted by atomic mass is 9.96. The van der Waals surface area contributed by atoms with E-state index in [-0.39, 0.29) is 0 Å². The summed E-state index contributed by atoms with van der Waals surface area (Å²) in [7, 11) is 0. The number of pyridine rings is 2. The molecule has 0 unspecified atom stereocenters. The molecular weight excluding hydrogens is 585 g/mol. The minimum absolute atomic E-state index is 0.845. The highest BCUT2D eigenvalue weighted by atomic mass is 15.2. The van der Waals surface area contributed by atoms with Crippen LogP contribution in [0.5, 0.6) is 0 Å². The fraction of sp³-hybridized carbons (Fsp3) is 0.0909. The molecule has 0 aliphatic rings. The Morgan fingerprint density at radius 1 is 0.375 bits per heavy atom. The van der Waals surface area contributed by atoms with Gasteiger partial charge in [0.05, 0.1) is 11.4 Å². The van der Waals surface area contributed by atoms with Crippen LogP contribution < -0.4 is 9.80 Å². The molecule has 48 heavy (non-hydrogen) atoms. The highest BCUT2D eigenvalue weighted by Gasteiger charge is 2.26. The van der Waals surface area contributed by atoms with Crippen LogP contribution in [0.25, 0.3) is 22.3 Å². The minimum atomic E-state index is 0.845. The van der Waals surface area contributed by atoms with Crippen molar-refractivity contribution in [3.8, 4) is 22.3 Å². The molecule has 0 spiro atoms. The van der Waals surface area contributed by atoms with Crippen LogP contribution in [0.1, 0.15) is 22.3 Å². The Morgan fingerprint density at radius 3 is 1.29 bits per heavy atom. The fourth-order valence-corrected chi connectivity index (χ4v) is 6.10. The maximum Gasteiger partial charge on any atom is 0.137 e. The monoisotopic (exact) mass is 622 g/mol. The molecule has 2 heterocycles. The van der Waals surface area contributed by atoms with Gasteiger partial charge in [-0.05, 0) is 110 Å². The van der Waals surface area contributed by atoms with Crippen molar-refractivity contribution in [2.24, 2.45) is 0 Å². The van der Waals surface area contributed by atoms with Gasteiger partial charge in [-0.15, -0.1) is 0 Å². The van der Waals surface area contributed by atoms with Crippen molar-refractivity contribution in [1.29, 1.82) is 0 Å². The molecule has 0 amide bonds. The Labute approximate surface area is 283 Å². The van der Waals surface area contributed by atoms with Gasteiger partial charge in [-0.25, -0.2) is 9.97 Å². The summed E-state index contributed by atoms with van der Waals surface area (Å²) in [6, 6.07) is 51.6. The molecule has 0 aliphatic carbocycles. The van der Waals surface area contributed by atoms with Gasteiger partial charge in [0.2, 0.25) is 0 Å². The molecule has 4 heteroatoms. The number of para-hydroxylation sites is 1. The van der Waals surface area contributed by atoms with Crippen LogP contribution >= 0.6 is 0 Å². The predicted molar refractivity (Wildman–Crippen MR) is 201 cm³/mol. The summed E-state index contributed by atoms with van der Waals surface area (Å²) in [4.78, 5) is 14.5. The molecule has 5 aromatic carbocycles. The molecule has 0 atom stereocenters. The van der Waals surface area contributed by atoms with Crippen LogP contribution in [0.2, 0.25) is 0 Å². The van der Waals surface area contributed by atoms with Crippen molar-refractivity contribution < 1.29 is 0 Å². The van der Waals surface area contributed by atoms with Crippen LogP contribution in [-0.2, 0) is 0 Å². The molecule has 234 valence electrons. The molecule has 0 radical (unpaired) electrons. The molecule has 7 aromatic rings. The number of rotatable bonds is 8. The zero-order valence-corrected chi connectivity index (χ0v) is 27.8. The molecule has 4 nitrogen and oxygen atoms in total. The first-order chi connectivity index (χ1) is 23.4. The van der Waals surface area contributed by atoms with Gasteiger partial charge in [0.1, 0.15) is 11.6 Å². The molecule has 2 aromatic heterocycles. The second kappa shape index (κ2) is 13.4. The van der Waals surface area contributed by atoms with Crippen molar-refractivity contribution >= 4 is 34.4 Å². The average Bonchev–Trinajstić information content (AvgIpc) is 3.12. The second-order valence-electron chi connectivity index (χ2n) is 12.4. The number of nitrogens with zero attached hydrogens (tertiary/aromatic N) is 4. The Balaban J connectivity index is 1.50. The standard InChI is InChI=1S/C44H38N4/c1-31-15-19-35(20-16-31)36-21-23-39(24-22-36)48(43-26-18-33(3)30-46-43)41-28-34(4)27-40(44(41)37-11-7-5-8-12-37)47(38-13-9-6-10-14-38)42-25-17-32(2)29-45-42/h5-30H,1-4H3. The van der Waals surface area contributed by atoms with E-state index in [1.54, 1.807) is 0 Å². The van der Waals surface area contributed by atoms with Gasteiger partial charge in [-0.1, -0.05) is 103 Å². The molecule has 0 N–H and O–H groups in total. The lowest BCUT2D eigenvalue weighted by molar-refractivity contribution is 1.14. The average molecular weight is 623 g/mol. The smallest absolute Gasteiger partial charge is 0.137 e. The maximum absolute atomic E-state index is 4.99. The summed E-state index contributed by atoms with van der Waals surface area (Å²) in [6.07, 6.45) is 3.87. The highest BCUT2D eigenvalue weighted by Crippen LogP contribution is 2.49.